The lowest BCUT2D eigenvalue weighted by atomic mass is 10.2. The molecule has 0 bridgehead atoms. The Morgan fingerprint density at radius 1 is 1.45 bits per heavy atom. The monoisotopic (exact) mass is 304 g/mol. The lowest BCUT2D eigenvalue weighted by Gasteiger charge is -2.21. The van der Waals surface area contributed by atoms with Crippen molar-refractivity contribution < 1.29 is 14.6 Å². The maximum atomic E-state index is 12.2. The highest BCUT2D eigenvalue weighted by atomic mass is 16.5. The minimum Gasteiger partial charge on any atom is -0.389 e. The Balaban J connectivity index is 2.06. The molecule has 2 rings (SSSR count). The zero-order valence-corrected chi connectivity index (χ0v) is 12.6. The second kappa shape index (κ2) is 7.58. The number of hydrogen-bond donors (Lipinski definition) is 2. The van der Waals surface area contributed by atoms with E-state index >= 15 is 0 Å². The van der Waals surface area contributed by atoms with Gasteiger partial charge in [0, 0.05) is 26.6 Å². The van der Waals surface area contributed by atoms with Crippen molar-refractivity contribution in [3.8, 4) is 5.69 Å². The molecule has 1 aromatic heterocycles. The quantitative estimate of drug-likeness (QED) is 0.844. The van der Waals surface area contributed by atoms with E-state index in [0.29, 0.717) is 5.69 Å². The number of aliphatic hydroxyl groups is 1. The molecular formula is C15H20N4O3. The Labute approximate surface area is 129 Å². The van der Waals surface area contributed by atoms with Crippen molar-refractivity contribution in [3.63, 3.8) is 0 Å². The molecule has 2 aromatic rings. The molecule has 7 heteroatoms. The minimum atomic E-state index is -0.720. The van der Waals surface area contributed by atoms with Crippen LogP contribution < -0.4 is 5.32 Å². The number of methoxy groups -OCH3 is 1. The first-order valence-corrected chi connectivity index (χ1v) is 6.90. The lowest BCUT2D eigenvalue weighted by molar-refractivity contribution is 0.0501. The van der Waals surface area contributed by atoms with E-state index in [1.807, 2.05) is 24.3 Å². The van der Waals surface area contributed by atoms with E-state index in [-0.39, 0.29) is 19.2 Å². The Kier molecular flexibility index (Phi) is 5.51. The van der Waals surface area contributed by atoms with Gasteiger partial charge in [-0.15, -0.1) is 0 Å². The zero-order chi connectivity index (χ0) is 15.9. The number of likely N-dealkylation sites (N-methyl/N-ethyl adjacent to an activating group) is 1. The van der Waals surface area contributed by atoms with Crippen LogP contribution in [0.15, 0.2) is 42.7 Å². The number of aromatic nitrogens is 2. The summed E-state index contributed by atoms with van der Waals surface area (Å²) in [6.07, 6.45) is 2.75. The number of nitrogens with zero attached hydrogens (tertiary/aromatic N) is 3. The van der Waals surface area contributed by atoms with E-state index in [1.54, 1.807) is 30.2 Å². The van der Waals surface area contributed by atoms with Crippen LogP contribution in [-0.4, -0.2) is 59.2 Å². The molecule has 2 N–H and O–H groups in total. The third-order valence-electron chi connectivity index (χ3n) is 3.09. The molecule has 0 aliphatic heterocycles. The van der Waals surface area contributed by atoms with Crippen molar-refractivity contribution in [3.05, 3.63) is 42.7 Å². The highest BCUT2D eigenvalue weighted by Gasteiger charge is 2.15. The smallest absolute Gasteiger partial charge is 0.321 e. The standard InChI is InChI=1S/C15H20N4O3/c1-18(10-12(20)11-22-2)15(21)17-13-6-3-4-7-14(13)19-9-5-8-16-19/h3-9,12,20H,10-11H2,1-2H3,(H,17,21). The van der Waals surface area contributed by atoms with Crippen LogP contribution in [0.5, 0.6) is 0 Å². The summed E-state index contributed by atoms with van der Waals surface area (Å²) in [7, 11) is 3.12. The third kappa shape index (κ3) is 4.06. The Hall–Kier alpha value is -2.38. The second-order valence-corrected chi connectivity index (χ2v) is 4.89. The van der Waals surface area contributed by atoms with Gasteiger partial charge in [0.15, 0.2) is 0 Å². The summed E-state index contributed by atoms with van der Waals surface area (Å²) in [6.45, 7) is 0.366. The zero-order valence-electron chi connectivity index (χ0n) is 12.6. The van der Waals surface area contributed by atoms with Gasteiger partial charge >= 0.3 is 6.03 Å². The van der Waals surface area contributed by atoms with E-state index in [0.717, 1.165) is 5.69 Å². The van der Waals surface area contributed by atoms with Crippen LogP contribution in [0.1, 0.15) is 0 Å². The molecule has 0 aliphatic carbocycles. The minimum absolute atomic E-state index is 0.182. The molecule has 22 heavy (non-hydrogen) atoms. The summed E-state index contributed by atoms with van der Waals surface area (Å²) >= 11 is 0. The van der Waals surface area contributed by atoms with E-state index < -0.39 is 6.10 Å². The van der Waals surface area contributed by atoms with Crippen LogP contribution in [0.25, 0.3) is 5.69 Å². The number of carbonyl (C=O) groups is 1. The van der Waals surface area contributed by atoms with Gasteiger partial charge in [0.2, 0.25) is 0 Å². The Morgan fingerprint density at radius 2 is 2.23 bits per heavy atom. The van der Waals surface area contributed by atoms with Crippen LogP contribution in [0, 0.1) is 0 Å². The van der Waals surface area contributed by atoms with Crippen molar-refractivity contribution in [1.82, 2.24) is 14.7 Å². The number of para-hydroxylation sites is 2. The predicted octanol–water partition coefficient (Wildman–Crippen LogP) is 1.34. The number of anilines is 1. The number of nitrogens with one attached hydrogen (secondary N) is 1. The fourth-order valence-corrected chi connectivity index (χ4v) is 2.05. The Morgan fingerprint density at radius 3 is 2.91 bits per heavy atom. The molecule has 118 valence electrons. The van der Waals surface area contributed by atoms with Gasteiger partial charge in [-0.05, 0) is 18.2 Å². The third-order valence-corrected chi connectivity index (χ3v) is 3.09. The summed E-state index contributed by atoms with van der Waals surface area (Å²) in [5.74, 6) is 0. The van der Waals surface area contributed by atoms with Crippen molar-refractivity contribution >= 4 is 11.7 Å². The van der Waals surface area contributed by atoms with E-state index in [2.05, 4.69) is 10.4 Å². The van der Waals surface area contributed by atoms with Crippen molar-refractivity contribution in [2.24, 2.45) is 0 Å². The number of carbonyl (C=O) groups excluding carboxylic acids is 1. The van der Waals surface area contributed by atoms with Crippen molar-refractivity contribution in [2.75, 3.05) is 32.6 Å². The number of urea groups is 1. The first kappa shape index (κ1) is 16.0. The normalized spacial score (nSPS) is 12.0. The summed E-state index contributed by atoms with van der Waals surface area (Å²) < 4.78 is 6.53. The van der Waals surface area contributed by atoms with Gasteiger partial charge in [-0.3, -0.25) is 0 Å². The number of aliphatic hydroxyl groups excluding tert-OH is 1. The van der Waals surface area contributed by atoms with E-state index in [1.165, 1.54) is 12.0 Å². The van der Waals surface area contributed by atoms with Crippen LogP contribution in [0.3, 0.4) is 0 Å². The van der Waals surface area contributed by atoms with Gasteiger partial charge in [0.1, 0.15) is 0 Å². The van der Waals surface area contributed by atoms with Gasteiger partial charge in [-0.2, -0.15) is 5.10 Å². The van der Waals surface area contributed by atoms with Gasteiger partial charge in [-0.25, -0.2) is 9.48 Å². The largest absolute Gasteiger partial charge is 0.389 e. The highest BCUT2D eigenvalue weighted by molar-refractivity contribution is 5.91. The maximum absolute atomic E-state index is 12.2. The summed E-state index contributed by atoms with van der Waals surface area (Å²) in [5, 5.41) is 16.7. The molecule has 7 nitrogen and oxygen atoms in total. The molecule has 1 aromatic carbocycles. The van der Waals surface area contributed by atoms with Crippen LogP contribution in [0.4, 0.5) is 10.5 Å². The van der Waals surface area contributed by atoms with Gasteiger partial charge in [0.25, 0.3) is 0 Å². The number of ether oxygens (including phenoxy) is 1. The summed E-state index contributed by atoms with van der Waals surface area (Å²) in [5.41, 5.74) is 1.41. The molecular weight excluding hydrogens is 284 g/mol. The first-order chi connectivity index (χ1) is 10.6. The average Bonchev–Trinajstić information content (AvgIpc) is 3.02. The maximum Gasteiger partial charge on any atom is 0.321 e. The Bertz CT molecular complexity index is 601. The van der Waals surface area contributed by atoms with Gasteiger partial charge in [-0.1, -0.05) is 12.1 Å². The number of hydrogen-bond acceptors (Lipinski definition) is 4. The van der Waals surface area contributed by atoms with Crippen LogP contribution >= 0.6 is 0 Å². The van der Waals surface area contributed by atoms with E-state index in [9.17, 15) is 9.90 Å². The summed E-state index contributed by atoms with van der Waals surface area (Å²) in [6, 6.07) is 8.87. The molecule has 1 heterocycles. The molecule has 0 saturated heterocycles. The fraction of sp³-hybridized carbons (Fsp3) is 0.333. The predicted molar refractivity (Wildman–Crippen MR) is 83.1 cm³/mol. The molecule has 0 aliphatic rings. The summed E-state index contributed by atoms with van der Waals surface area (Å²) in [4.78, 5) is 13.6. The van der Waals surface area contributed by atoms with Gasteiger partial charge in [0.05, 0.1) is 30.6 Å². The molecule has 1 unspecified atom stereocenters. The molecule has 1 atom stereocenters. The molecule has 0 saturated carbocycles. The van der Waals surface area contributed by atoms with Crippen LogP contribution in [0.2, 0.25) is 0 Å². The van der Waals surface area contributed by atoms with Crippen molar-refractivity contribution in [2.45, 2.75) is 6.10 Å². The highest BCUT2D eigenvalue weighted by Crippen LogP contribution is 2.19. The van der Waals surface area contributed by atoms with Crippen LogP contribution in [-0.2, 0) is 4.74 Å². The number of amides is 2. The molecule has 0 fully saturated rings. The number of rotatable bonds is 6. The fourth-order valence-electron chi connectivity index (χ4n) is 2.05. The SMILES string of the molecule is COCC(O)CN(C)C(=O)Nc1ccccc1-n1cccn1. The second-order valence-electron chi connectivity index (χ2n) is 4.89. The molecule has 0 spiro atoms. The molecule has 2 amide bonds. The lowest BCUT2D eigenvalue weighted by Crippen LogP contribution is -2.38. The number of benzene rings is 1. The van der Waals surface area contributed by atoms with Crippen molar-refractivity contribution in [1.29, 1.82) is 0 Å². The topological polar surface area (TPSA) is 79.6 Å². The van der Waals surface area contributed by atoms with Gasteiger partial charge < -0.3 is 20.1 Å². The molecule has 0 radical (unpaired) electrons. The average molecular weight is 304 g/mol. The van der Waals surface area contributed by atoms with E-state index in [4.69, 9.17) is 4.74 Å². The first-order valence-electron chi connectivity index (χ1n) is 6.90.